The van der Waals surface area contributed by atoms with E-state index in [1.54, 1.807) is 16.2 Å². The number of hydrogen-bond acceptors (Lipinski definition) is 6. The predicted octanol–water partition coefficient (Wildman–Crippen LogP) is 2.10. The first kappa shape index (κ1) is 15.7. The number of nitrogens with zero attached hydrogens (tertiary/aromatic N) is 4. The van der Waals surface area contributed by atoms with Crippen molar-refractivity contribution in [3.05, 3.63) is 23.4 Å². The van der Waals surface area contributed by atoms with Crippen molar-refractivity contribution in [3.63, 3.8) is 0 Å². The minimum Gasteiger partial charge on any atom is -0.342 e. The SMILES string of the molecule is CCN(CC)C(=O)CN(C)Cc1nc(-c2cccs2)no1. The summed E-state index contributed by atoms with van der Waals surface area (Å²) in [5.74, 6) is 1.23. The number of aromatic nitrogens is 2. The number of hydrogen-bond donors (Lipinski definition) is 0. The summed E-state index contributed by atoms with van der Waals surface area (Å²) in [6.07, 6.45) is 0. The van der Waals surface area contributed by atoms with Gasteiger partial charge in [-0.15, -0.1) is 11.3 Å². The molecule has 7 heteroatoms. The molecule has 6 nitrogen and oxygen atoms in total. The molecule has 2 aromatic heterocycles. The summed E-state index contributed by atoms with van der Waals surface area (Å²) in [7, 11) is 1.87. The minimum atomic E-state index is 0.112. The van der Waals surface area contributed by atoms with Crippen LogP contribution in [0.15, 0.2) is 22.0 Å². The van der Waals surface area contributed by atoms with Gasteiger partial charge in [0.05, 0.1) is 18.0 Å². The molecule has 0 spiro atoms. The fourth-order valence-electron chi connectivity index (χ4n) is 2.02. The van der Waals surface area contributed by atoms with Crippen LogP contribution in [0.4, 0.5) is 0 Å². The number of rotatable bonds is 7. The quantitative estimate of drug-likeness (QED) is 0.784. The molecule has 0 aliphatic carbocycles. The molecule has 0 aliphatic heterocycles. The summed E-state index contributed by atoms with van der Waals surface area (Å²) in [4.78, 5) is 21.0. The molecule has 0 atom stereocenters. The third-order valence-electron chi connectivity index (χ3n) is 3.14. The molecule has 1 amide bonds. The van der Waals surface area contributed by atoms with Gasteiger partial charge in [0.15, 0.2) is 0 Å². The zero-order valence-corrected chi connectivity index (χ0v) is 13.4. The number of carbonyl (C=O) groups is 1. The van der Waals surface area contributed by atoms with Gasteiger partial charge in [0.1, 0.15) is 0 Å². The van der Waals surface area contributed by atoms with Crippen LogP contribution in [0.2, 0.25) is 0 Å². The molecule has 2 rings (SSSR count). The van der Waals surface area contributed by atoms with Crippen LogP contribution < -0.4 is 0 Å². The van der Waals surface area contributed by atoms with Gasteiger partial charge in [-0.05, 0) is 32.3 Å². The highest BCUT2D eigenvalue weighted by atomic mass is 32.1. The maximum absolute atomic E-state index is 12.0. The standard InChI is InChI=1S/C14H20N4O2S/c1-4-18(5-2)13(19)10-17(3)9-12-15-14(16-20-12)11-7-6-8-21-11/h6-8H,4-5,9-10H2,1-3H3. The van der Waals surface area contributed by atoms with E-state index in [0.717, 1.165) is 18.0 Å². The first-order chi connectivity index (χ1) is 10.1. The summed E-state index contributed by atoms with van der Waals surface area (Å²) >= 11 is 1.57. The Morgan fingerprint density at radius 3 is 2.76 bits per heavy atom. The Labute approximate surface area is 128 Å². The fraction of sp³-hybridized carbons (Fsp3) is 0.500. The molecule has 21 heavy (non-hydrogen) atoms. The Hall–Kier alpha value is -1.73. The number of amides is 1. The van der Waals surface area contributed by atoms with E-state index in [9.17, 15) is 4.79 Å². The molecule has 0 bridgehead atoms. The van der Waals surface area contributed by atoms with Crippen molar-refractivity contribution < 1.29 is 9.32 Å². The first-order valence-corrected chi connectivity index (χ1v) is 7.84. The third-order valence-corrected chi connectivity index (χ3v) is 4.00. The van der Waals surface area contributed by atoms with Crippen molar-refractivity contribution in [3.8, 4) is 10.7 Å². The van der Waals surface area contributed by atoms with Crippen LogP contribution in [0.5, 0.6) is 0 Å². The van der Waals surface area contributed by atoms with Crippen LogP contribution in [0, 0.1) is 0 Å². The van der Waals surface area contributed by atoms with Gasteiger partial charge in [0.25, 0.3) is 0 Å². The molecule has 0 aromatic carbocycles. The lowest BCUT2D eigenvalue weighted by atomic mass is 10.4. The molecule has 114 valence electrons. The van der Waals surface area contributed by atoms with Gasteiger partial charge in [-0.1, -0.05) is 11.2 Å². The molecule has 0 saturated heterocycles. The fourth-order valence-corrected chi connectivity index (χ4v) is 2.67. The number of likely N-dealkylation sites (N-methyl/N-ethyl adjacent to an activating group) is 2. The van der Waals surface area contributed by atoms with Gasteiger partial charge < -0.3 is 9.42 Å². The van der Waals surface area contributed by atoms with E-state index in [1.165, 1.54) is 0 Å². The van der Waals surface area contributed by atoms with E-state index in [2.05, 4.69) is 10.1 Å². The van der Waals surface area contributed by atoms with Gasteiger partial charge in [0, 0.05) is 13.1 Å². The van der Waals surface area contributed by atoms with Gasteiger partial charge in [-0.25, -0.2) is 0 Å². The van der Waals surface area contributed by atoms with Crippen molar-refractivity contribution in [2.45, 2.75) is 20.4 Å². The minimum absolute atomic E-state index is 0.112. The summed E-state index contributed by atoms with van der Waals surface area (Å²) < 4.78 is 5.23. The average Bonchev–Trinajstić information content (AvgIpc) is 3.10. The van der Waals surface area contributed by atoms with Gasteiger partial charge in [-0.3, -0.25) is 9.69 Å². The Morgan fingerprint density at radius 2 is 2.14 bits per heavy atom. The van der Waals surface area contributed by atoms with Crippen molar-refractivity contribution in [1.29, 1.82) is 0 Å². The molecule has 0 aliphatic rings. The zero-order valence-electron chi connectivity index (χ0n) is 12.6. The lowest BCUT2D eigenvalue weighted by Gasteiger charge is -2.22. The van der Waals surface area contributed by atoms with E-state index in [4.69, 9.17) is 4.52 Å². The van der Waals surface area contributed by atoms with E-state index in [-0.39, 0.29) is 5.91 Å². The van der Waals surface area contributed by atoms with Crippen LogP contribution in [0.25, 0.3) is 10.7 Å². The highest BCUT2D eigenvalue weighted by molar-refractivity contribution is 7.13. The third kappa shape index (κ3) is 4.12. The summed E-state index contributed by atoms with van der Waals surface area (Å²) in [6, 6.07) is 3.90. The maximum Gasteiger partial charge on any atom is 0.241 e. The van der Waals surface area contributed by atoms with Crippen LogP contribution in [-0.2, 0) is 11.3 Å². The van der Waals surface area contributed by atoms with E-state index >= 15 is 0 Å². The summed E-state index contributed by atoms with van der Waals surface area (Å²) in [5.41, 5.74) is 0. The second-order valence-electron chi connectivity index (χ2n) is 4.73. The second kappa shape index (κ2) is 7.33. The molecule has 0 unspecified atom stereocenters. The topological polar surface area (TPSA) is 62.5 Å². The zero-order chi connectivity index (χ0) is 15.2. The molecule has 0 radical (unpaired) electrons. The Morgan fingerprint density at radius 1 is 1.38 bits per heavy atom. The van der Waals surface area contributed by atoms with Gasteiger partial charge in [-0.2, -0.15) is 4.98 Å². The van der Waals surface area contributed by atoms with E-state index in [0.29, 0.717) is 24.8 Å². The van der Waals surface area contributed by atoms with Crippen molar-refractivity contribution in [2.75, 3.05) is 26.7 Å². The second-order valence-corrected chi connectivity index (χ2v) is 5.68. The maximum atomic E-state index is 12.0. The van der Waals surface area contributed by atoms with Crippen molar-refractivity contribution >= 4 is 17.2 Å². The van der Waals surface area contributed by atoms with Crippen molar-refractivity contribution in [1.82, 2.24) is 19.9 Å². The molecular formula is C14H20N4O2S. The predicted molar refractivity (Wildman–Crippen MR) is 81.9 cm³/mol. The normalized spacial score (nSPS) is 11.0. The van der Waals surface area contributed by atoms with Crippen LogP contribution in [0.1, 0.15) is 19.7 Å². The van der Waals surface area contributed by atoms with Crippen molar-refractivity contribution in [2.24, 2.45) is 0 Å². The van der Waals surface area contributed by atoms with Crippen LogP contribution in [0.3, 0.4) is 0 Å². The number of thiophene rings is 1. The van der Waals surface area contributed by atoms with E-state index in [1.807, 2.05) is 43.3 Å². The lowest BCUT2D eigenvalue weighted by Crippen LogP contribution is -2.38. The molecule has 0 fully saturated rings. The van der Waals surface area contributed by atoms with Gasteiger partial charge >= 0.3 is 0 Å². The highest BCUT2D eigenvalue weighted by Gasteiger charge is 2.15. The van der Waals surface area contributed by atoms with E-state index < -0.39 is 0 Å². The largest absolute Gasteiger partial charge is 0.342 e. The number of carbonyl (C=O) groups excluding carboxylic acids is 1. The monoisotopic (exact) mass is 308 g/mol. The lowest BCUT2D eigenvalue weighted by molar-refractivity contribution is -0.131. The Kier molecular flexibility index (Phi) is 5.46. The average molecular weight is 308 g/mol. The molecule has 2 heterocycles. The van der Waals surface area contributed by atoms with Crippen LogP contribution in [-0.4, -0.2) is 52.5 Å². The molecular weight excluding hydrogens is 288 g/mol. The molecule has 2 aromatic rings. The highest BCUT2D eigenvalue weighted by Crippen LogP contribution is 2.21. The summed E-state index contributed by atoms with van der Waals surface area (Å²) in [5, 5.41) is 5.93. The Bertz CT molecular complexity index is 563. The Balaban J connectivity index is 1.91. The molecule has 0 N–H and O–H groups in total. The van der Waals surface area contributed by atoms with Crippen LogP contribution >= 0.6 is 11.3 Å². The summed E-state index contributed by atoms with van der Waals surface area (Å²) in [6.45, 7) is 6.22. The smallest absolute Gasteiger partial charge is 0.241 e. The molecule has 0 saturated carbocycles. The van der Waals surface area contributed by atoms with Gasteiger partial charge in [0.2, 0.25) is 17.6 Å². The first-order valence-electron chi connectivity index (χ1n) is 6.96.